The molecule has 1 saturated heterocycles. The number of ether oxygens (including phenoxy) is 2. The molecule has 0 atom stereocenters. The SMILES string of the molecule is CN=C(NCc1nnc2n1CCCCC2)N1CCC(OCCCOC)CC1.I. The molecule has 1 aromatic rings. The summed E-state index contributed by atoms with van der Waals surface area (Å²) >= 11 is 0. The van der Waals surface area contributed by atoms with Crippen molar-refractivity contribution in [3.63, 3.8) is 0 Å². The van der Waals surface area contributed by atoms with Crippen LogP contribution in [-0.4, -0.2) is 72.2 Å². The van der Waals surface area contributed by atoms with Crippen LogP contribution in [0.2, 0.25) is 0 Å². The molecular weight excluding hydrogens is 471 g/mol. The zero-order valence-electron chi connectivity index (χ0n) is 17.2. The lowest BCUT2D eigenvalue weighted by Gasteiger charge is -2.34. The first kappa shape index (κ1) is 23.3. The number of aryl methyl sites for hydroxylation is 1. The number of aliphatic imine (C=N–C) groups is 1. The van der Waals surface area contributed by atoms with Crippen molar-refractivity contribution >= 4 is 29.9 Å². The highest BCUT2D eigenvalue weighted by Crippen LogP contribution is 2.16. The molecule has 3 rings (SSSR count). The van der Waals surface area contributed by atoms with E-state index < -0.39 is 0 Å². The van der Waals surface area contributed by atoms with Gasteiger partial charge in [-0.05, 0) is 32.1 Å². The van der Waals surface area contributed by atoms with E-state index in [1.54, 1.807) is 7.11 Å². The Morgan fingerprint density at radius 2 is 1.96 bits per heavy atom. The molecule has 0 saturated carbocycles. The third-order valence-corrected chi connectivity index (χ3v) is 5.39. The van der Waals surface area contributed by atoms with Gasteiger partial charge in [0, 0.05) is 53.4 Å². The van der Waals surface area contributed by atoms with E-state index in [9.17, 15) is 0 Å². The molecule has 0 spiro atoms. The van der Waals surface area contributed by atoms with Crippen molar-refractivity contribution in [3.05, 3.63) is 11.6 Å². The van der Waals surface area contributed by atoms with Gasteiger partial charge < -0.3 is 24.3 Å². The van der Waals surface area contributed by atoms with Crippen molar-refractivity contribution in [3.8, 4) is 0 Å². The van der Waals surface area contributed by atoms with Crippen molar-refractivity contribution in [2.45, 2.75) is 64.1 Å². The second-order valence-electron chi connectivity index (χ2n) is 7.30. The molecule has 3 heterocycles. The maximum absolute atomic E-state index is 5.95. The number of rotatable bonds is 7. The smallest absolute Gasteiger partial charge is 0.194 e. The van der Waals surface area contributed by atoms with Crippen LogP contribution in [0.4, 0.5) is 0 Å². The van der Waals surface area contributed by atoms with Crippen LogP contribution < -0.4 is 5.32 Å². The van der Waals surface area contributed by atoms with Crippen LogP contribution in [0.25, 0.3) is 0 Å². The topological polar surface area (TPSA) is 76.8 Å². The molecule has 2 aliphatic heterocycles. The van der Waals surface area contributed by atoms with E-state index in [4.69, 9.17) is 9.47 Å². The molecule has 0 bridgehead atoms. The van der Waals surface area contributed by atoms with Crippen LogP contribution in [0, 0.1) is 0 Å². The van der Waals surface area contributed by atoms with Gasteiger partial charge in [-0.2, -0.15) is 0 Å². The second-order valence-corrected chi connectivity index (χ2v) is 7.30. The molecule has 0 radical (unpaired) electrons. The van der Waals surface area contributed by atoms with Crippen LogP contribution in [0.5, 0.6) is 0 Å². The summed E-state index contributed by atoms with van der Waals surface area (Å²) < 4.78 is 13.3. The van der Waals surface area contributed by atoms with Crippen LogP contribution >= 0.6 is 24.0 Å². The fourth-order valence-electron chi connectivity index (χ4n) is 3.85. The number of guanidine groups is 1. The number of methoxy groups -OCH3 is 1. The van der Waals surface area contributed by atoms with Crippen LogP contribution in [0.3, 0.4) is 0 Å². The van der Waals surface area contributed by atoms with Gasteiger partial charge in [-0.25, -0.2) is 0 Å². The first-order chi connectivity index (χ1) is 13.3. The number of hydrogen-bond donors (Lipinski definition) is 1. The van der Waals surface area contributed by atoms with E-state index in [0.29, 0.717) is 12.6 Å². The Bertz CT molecular complexity index is 601. The summed E-state index contributed by atoms with van der Waals surface area (Å²) in [5.41, 5.74) is 0. The van der Waals surface area contributed by atoms with E-state index >= 15 is 0 Å². The van der Waals surface area contributed by atoms with E-state index in [-0.39, 0.29) is 24.0 Å². The summed E-state index contributed by atoms with van der Waals surface area (Å²) in [5, 5.41) is 12.3. The number of nitrogens with one attached hydrogen (secondary N) is 1. The van der Waals surface area contributed by atoms with Gasteiger partial charge in [0.1, 0.15) is 5.82 Å². The molecular formula is C19H35IN6O2. The van der Waals surface area contributed by atoms with Gasteiger partial charge in [0.15, 0.2) is 11.8 Å². The lowest BCUT2D eigenvalue weighted by atomic mass is 10.1. The van der Waals surface area contributed by atoms with Gasteiger partial charge in [-0.3, -0.25) is 4.99 Å². The first-order valence-electron chi connectivity index (χ1n) is 10.3. The zero-order chi connectivity index (χ0) is 18.9. The summed E-state index contributed by atoms with van der Waals surface area (Å²) in [5.74, 6) is 3.09. The molecule has 1 fully saturated rings. The summed E-state index contributed by atoms with van der Waals surface area (Å²) in [6, 6.07) is 0. The molecule has 0 unspecified atom stereocenters. The quantitative estimate of drug-likeness (QED) is 0.265. The lowest BCUT2D eigenvalue weighted by molar-refractivity contribution is 0.00989. The lowest BCUT2D eigenvalue weighted by Crippen LogP contribution is -2.47. The van der Waals surface area contributed by atoms with Crippen LogP contribution in [-0.2, 0) is 29.0 Å². The molecule has 1 N–H and O–H groups in total. The largest absolute Gasteiger partial charge is 0.385 e. The van der Waals surface area contributed by atoms with Gasteiger partial charge in [0.25, 0.3) is 0 Å². The number of piperidine rings is 1. The van der Waals surface area contributed by atoms with Crippen LogP contribution in [0.1, 0.15) is 50.2 Å². The maximum atomic E-state index is 5.95. The highest BCUT2D eigenvalue weighted by Gasteiger charge is 2.22. The zero-order valence-corrected chi connectivity index (χ0v) is 19.6. The van der Waals surface area contributed by atoms with Crippen molar-refractivity contribution in [1.29, 1.82) is 0 Å². The predicted octanol–water partition coefficient (Wildman–Crippen LogP) is 2.22. The number of hydrogen-bond acceptors (Lipinski definition) is 5. The number of aromatic nitrogens is 3. The Labute approximate surface area is 185 Å². The summed E-state index contributed by atoms with van der Waals surface area (Å²) in [7, 11) is 3.58. The Hall–Kier alpha value is -0.940. The summed E-state index contributed by atoms with van der Waals surface area (Å²) in [6.07, 6.45) is 8.13. The number of nitrogens with zero attached hydrogens (tertiary/aromatic N) is 5. The van der Waals surface area contributed by atoms with Gasteiger partial charge in [0.2, 0.25) is 0 Å². The maximum Gasteiger partial charge on any atom is 0.194 e. The molecule has 8 nitrogen and oxygen atoms in total. The van der Waals surface area contributed by atoms with Gasteiger partial charge in [0.05, 0.1) is 12.6 Å². The summed E-state index contributed by atoms with van der Waals surface area (Å²) in [6.45, 7) is 5.18. The van der Waals surface area contributed by atoms with Gasteiger partial charge >= 0.3 is 0 Å². The predicted molar refractivity (Wildman–Crippen MR) is 120 cm³/mol. The third kappa shape index (κ3) is 6.55. The molecule has 1 aromatic heterocycles. The number of fused-ring (bicyclic) bond motifs is 1. The molecule has 9 heteroatoms. The van der Waals surface area contributed by atoms with Crippen molar-refractivity contribution < 1.29 is 9.47 Å². The van der Waals surface area contributed by atoms with Crippen molar-refractivity contribution in [2.75, 3.05) is 40.5 Å². The molecule has 160 valence electrons. The Morgan fingerprint density at radius 3 is 2.71 bits per heavy atom. The van der Waals surface area contributed by atoms with Crippen LogP contribution in [0.15, 0.2) is 4.99 Å². The van der Waals surface area contributed by atoms with Gasteiger partial charge in [-0.1, -0.05) is 6.42 Å². The minimum Gasteiger partial charge on any atom is -0.385 e. The minimum absolute atomic E-state index is 0. The van der Waals surface area contributed by atoms with E-state index in [1.807, 2.05) is 7.05 Å². The Balaban J connectivity index is 0.00000280. The molecule has 0 amide bonds. The normalized spacial score (nSPS) is 18.4. The monoisotopic (exact) mass is 506 g/mol. The molecule has 0 aliphatic carbocycles. The molecule has 0 aromatic carbocycles. The van der Waals surface area contributed by atoms with Gasteiger partial charge in [-0.15, -0.1) is 34.2 Å². The van der Waals surface area contributed by atoms with Crippen molar-refractivity contribution in [1.82, 2.24) is 25.0 Å². The van der Waals surface area contributed by atoms with E-state index in [1.165, 1.54) is 19.3 Å². The Kier molecular flexibility index (Phi) is 10.5. The summed E-state index contributed by atoms with van der Waals surface area (Å²) in [4.78, 5) is 6.78. The second kappa shape index (κ2) is 12.6. The molecule has 2 aliphatic rings. The van der Waals surface area contributed by atoms with E-state index in [2.05, 4.69) is 30.0 Å². The van der Waals surface area contributed by atoms with E-state index in [0.717, 1.165) is 76.1 Å². The number of likely N-dealkylation sites (tertiary alicyclic amines) is 1. The molecule has 28 heavy (non-hydrogen) atoms. The standard InChI is InChI=1S/C19H34N6O2.HI/c1-20-19(24-11-8-16(9-12-24)27-14-6-13-26-2)21-15-18-23-22-17-7-4-3-5-10-25(17)18;/h16H,3-15H2,1-2H3,(H,20,21);1H. The average Bonchev–Trinajstić information content (AvgIpc) is 2.93. The fourth-order valence-corrected chi connectivity index (χ4v) is 3.85. The highest BCUT2D eigenvalue weighted by molar-refractivity contribution is 14.0. The fraction of sp³-hybridized carbons (Fsp3) is 0.842. The average molecular weight is 506 g/mol. The third-order valence-electron chi connectivity index (χ3n) is 5.39. The van der Waals surface area contributed by atoms with Crippen molar-refractivity contribution in [2.24, 2.45) is 4.99 Å². The first-order valence-corrected chi connectivity index (χ1v) is 10.3. The minimum atomic E-state index is 0. The number of halogens is 1. The highest BCUT2D eigenvalue weighted by atomic mass is 127. The Morgan fingerprint density at radius 1 is 1.14 bits per heavy atom.